The first-order valence-electron chi connectivity index (χ1n) is 11.4. The summed E-state index contributed by atoms with van der Waals surface area (Å²) in [5, 5.41) is 11.1. The first-order valence-corrected chi connectivity index (χ1v) is 12.2. The maximum Gasteiger partial charge on any atom is 0.338 e. The topological polar surface area (TPSA) is 113 Å². The number of non-ortho nitro benzene ring substituents is 1. The number of benzene rings is 2. The quantitative estimate of drug-likeness (QED) is 0.200. The second-order valence-electron chi connectivity index (χ2n) is 8.20. The molecule has 4 rings (SSSR count). The molecule has 3 aromatic rings. The lowest BCUT2D eigenvalue weighted by atomic mass is 9.96. The van der Waals surface area contributed by atoms with Crippen LogP contribution in [0.15, 0.2) is 69.6 Å². The van der Waals surface area contributed by atoms with Crippen LogP contribution in [0.4, 0.5) is 5.69 Å². The molecule has 9 nitrogen and oxygen atoms in total. The number of aromatic nitrogens is 1. The van der Waals surface area contributed by atoms with Crippen LogP contribution in [0.3, 0.4) is 0 Å². The van der Waals surface area contributed by atoms with Gasteiger partial charge in [-0.15, -0.1) is 0 Å². The van der Waals surface area contributed by atoms with E-state index in [0.29, 0.717) is 38.5 Å². The molecule has 36 heavy (non-hydrogen) atoms. The minimum atomic E-state index is -0.745. The van der Waals surface area contributed by atoms with Crippen molar-refractivity contribution in [2.45, 2.75) is 32.7 Å². The molecule has 0 spiro atoms. The Morgan fingerprint density at radius 3 is 2.67 bits per heavy atom. The van der Waals surface area contributed by atoms with Gasteiger partial charge in [0.25, 0.3) is 11.2 Å². The van der Waals surface area contributed by atoms with Crippen molar-refractivity contribution >= 4 is 29.1 Å². The lowest BCUT2D eigenvalue weighted by Gasteiger charge is -2.24. The third-order valence-electron chi connectivity index (χ3n) is 5.77. The molecule has 10 heteroatoms. The van der Waals surface area contributed by atoms with Crippen LogP contribution >= 0.6 is 11.3 Å². The number of nitro groups is 1. The fraction of sp³-hybridized carbons (Fsp3) is 0.269. The van der Waals surface area contributed by atoms with Gasteiger partial charge in [-0.05, 0) is 42.7 Å². The predicted molar refractivity (Wildman–Crippen MR) is 136 cm³/mol. The van der Waals surface area contributed by atoms with E-state index in [-0.39, 0.29) is 16.8 Å². The molecule has 0 saturated carbocycles. The van der Waals surface area contributed by atoms with Crippen molar-refractivity contribution in [3.63, 3.8) is 0 Å². The van der Waals surface area contributed by atoms with E-state index >= 15 is 0 Å². The van der Waals surface area contributed by atoms with Crippen molar-refractivity contribution in [1.29, 1.82) is 0 Å². The minimum Gasteiger partial charge on any atom is -0.494 e. The number of thiazole rings is 1. The third kappa shape index (κ3) is 4.99. The van der Waals surface area contributed by atoms with Crippen LogP contribution in [-0.2, 0) is 9.53 Å². The van der Waals surface area contributed by atoms with Crippen LogP contribution in [0.25, 0.3) is 6.08 Å². The van der Waals surface area contributed by atoms with Crippen molar-refractivity contribution in [1.82, 2.24) is 4.57 Å². The molecule has 0 aliphatic carbocycles. The molecular formula is C26H25N3O6S. The number of rotatable bonds is 8. The summed E-state index contributed by atoms with van der Waals surface area (Å²) in [4.78, 5) is 42.0. The van der Waals surface area contributed by atoms with Gasteiger partial charge < -0.3 is 9.47 Å². The van der Waals surface area contributed by atoms with Gasteiger partial charge >= 0.3 is 5.97 Å². The number of nitro benzene ring substituents is 1. The smallest absolute Gasteiger partial charge is 0.338 e. The third-order valence-corrected chi connectivity index (χ3v) is 6.75. The second-order valence-corrected chi connectivity index (χ2v) is 9.21. The lowest BCUT2D eigenvalue weighted by Crippen LogP contribution is -2.39. The molecule has 1 atom stereocenters. The Balaban J connectivity index is 1.84. The number of hydrogen-bond acceptors (Lipinski definition) is 8. The number of hydrogen-bond donors (Lipinski definition) is 0. The zero-order valence-corrected chi connectivity index (χ0v) is 20.9. The highest BCUT2D eigenvalue weighted by Crippen LogP contribution is 2.31. The van der Waals surface area contributed by atoms with Gasteiger partial charge in [-0.2, -0.15) is 0 Å². The summed E-state index contributed by atoms with van der Waals surface area (Å²) in [6, 6.07) is 12.6. The van der Waals surface area contributed by atoms with E-state index in [0.717, 1.165) is 24.2 Å². The molecule has 0 N–H and O–H groups in total. The highest BCUT2D eigenvalue weighted by molar-refractivity contribution is 7.07. The Morgan fingerprint density at radius 1 is 1.25 bits per heavy atom. The molecule has 1 aliphatic heterocycles. The zero-order chi connectivity index (χ0) is 25.8. The minimum absolute atomic E-state index is 0.0699. The predicted octanol–water partition coefficient (Wildman–Crippen LogP) is 3.50. The summed E-state index contributed by atoms with van der Waals surface area (Å²) in [6.45, 7) is 4.40. The van der Waals surface area contributed by atoms with Crippen LogP contribution in [0.1, 0.15) is 43.9 Å². The van der Waals surface area contributed by atoms with Crippen molar-refractivity contribution in [2.75, 3.05) is 13.7 Å². The zero-order valence-electron chi connectivity index (χ0n) is 20.1. The van der Waals surface area contributed by atoms with E-state index < -0.39 is 16.9 Å². The van der Waals surface area contributed by atoms with E-state index in [1.54, 1.807) is 25.1 Å². The molecular weight excluding hydrogens is 482 g/mol. The van der Waals surface area contributed by atoms with Crippen molar-refractivity contribution in [3.8, 4) is 5.75 Å². The van der Waals surface area contributed by atoms with E-state index in [9.17, 15) is 19.7 Å². The molecule has 2 heterocycles. The van der Waals surface area contributed by atoms with Crippen molar-refractivity contribution in [3.05, 3.63) is 101 Å². The summed E-state index contributed by atoms with van der Waals surface area (Å²) in [5.74, 6) is 0.128. The Bertz CT molecular complexity index is 1520. The maximum atomic E-state index is 13.6. The molecule has 0 radical (unpaired) electrons. The fourth-order valence-corrected chi connectivity index (χ4v) is 5.01. The van der Waals surface area contributed by atoms with Gasteiger partial charge in [0.05, 0.1) is 40.5 Å². The molecule has 0 fully saturated rings. The Hall–Kier alpha value is -4.05. The largest absolute Gasteiger partial charge is 0.494 e. The standard InChI is InChI=1S/C26H25N3O6S/c1-4-5-13-35-20-11-9-18(10-12-20)23-22(25(31)34-3)16(2)27-26-28(23)24(30)21(36-26)15-17-7-6-8-19(14-17)29(32)33/h6-12,14-15,23H,4-5,13H2,1-3H3/b21-15-. The number of carbonyl (C=O) groups excluding carboxylic acids is 1. The van der Waals surface area contributed by atoms with E-state index in [2.05, 4.69) is 11.9 Å². The Morgan fingerprint density at radius 2 is 2.00 bits per heavy atom. The SMILES string of the molecule is CCCCOc1ccc(C2C(C(=O)OC)=C(C)N=c3s/c(=C\c4cccc([N+](=O)[O-])c4)c(=O)n32)cc1. The van der Waals surface area contributed by atoms with Crippen LogP contribution in [0, 0.1) is 10.1 Å². The summed E-state index contributed by atoms with van der Waals surface area (Å²) >= 11 is 1.16. The first-order chi connectivity index (χ1) is 17.3. The molecule has 1 aromatic heterocycles. The summed E-state index contributed by atoms with van der Waals surface area (Å²) < 4.78 is 12.6. The van der Waals surface area contributed by atoms with Crippen molar-refractivity contribution in [2.24, 2.45) is 4.99 Å². The van der Waals surface area contributed by atoms with Gasteiger partial charge in [0.15, 0.2) is 4.80 Å². The van der Waals surface area contributed by atoms with Crippen LogP contribution in [0.5, 0.6) is 5.75 Å². The second kappa shape index (κ2) is 10.7. The number of ether oxygens (including phenoxy) is 2. The monoisotopic (exact) mass is 507 g/mol. The van der Waals surface area contributed by atoms with E-state index in [1.807, 2.05) is 24.3 Å². The van der Waals surface area contributed by atoms with Crippen LogP contribution in [0.2, 0.25) is 0 Å². The highest BCUT2D eigenvalue weighted by atomic mass is 32.1. The number of nitrogens with zero attached hydrogens (tertiary/aromatic N) is 3. The van der Waals surface area contributed by atoms with Gasteiger partial charge in [0.1, 0.15) is 5.75 Å². The first kappa shape index (κ1) is 25.1. The van der Waals surface area contributed by atoms with Gasteiger partial charge in [0.2, 0.25) is 0 Å². The van der Waals surface area contributed by atoms with Crippen LogP contribution in [-0.4, -0.2) is 29.2 Å². The van der Waals surface area contributed by atoms with Gasteiger partial charge in [0, 0.05) is 12.1 Å². The average molecular weight is 508 g/mol. The Labute approximate surface area is 210 Å². The average Bonchev–Trinajstić information content (AvgIpc) is 3.17. The number of allylic oxidation sites excluding steroid dienone is 1. The van der Waals surface area contributed by atoms with Crippen LogP contribution < -0.4 is 19.6 Å². The summed E-state index contributed by atoms with van der Waals surface area (Å²) in [5.41, 5.74) is 1.52. The highest BCUT2D eigenvalue weighted by Gasteiger charge is 2.33. The summed E-state index contributed by atoms with van der Waals surface area (Å²) in [7, 11) is 1.29. The van der Waals surface area contributed by atoms with Gasteiger partial charge in [-0.3, -0.25) is 19.5 Å². The van der Waals surface area contributed by atoms with E-state index in [4.69, 9.17) is 9.47 Å². The molecule has 1 unspecified atom stereocenters. The molecule has 0 bridgehead atoms. The maximum absolute atomic E-state index is 13.6. The number of fused-ring (bicyclic) bond motifs is 1. The number of esters is 1. The normalized spacial score (nSPS) is 15.3. The molecule has 186 valence electrons. The molecule has 0 amide bonds. The summed E-state index contributed by atoms with van der Waals surface area (Å²) in [6.07, 6.45) is 3.56. The fourth-order valence-electron chi connectivity index (χ4n) is 3.97. The van der Waals surface area contributed by atoms with Gasteiger partial charge in [-0.25, -0.2) is 9.79 Å². The number of unbranched alkanes of at least 4 members (excludes halogenated alkanes) is 1. The number of methoxy groups -OCH3 is 1. The van der Waals surface area contributed by atoms with Crippen molar-refractivity contribution < 1.29 is 19.2 Å². The molecule has 2 aromatic carbocycles. The Kier molecular flexibility index (Phi) is 7.44. The van der Waals surface area contributed by atoms with E-state index in [1.165, 1.54) is 23.8 Å². The number of carbonyl (C=O) groups is 1. The molecule has 1 aliphatic rings. The lowest BCUT2D eigenvalue weighted by molar-refractivity contribution is -0.384. The van der Waals surface area contributed by atoms with Gasteiger partial charge in [-0.1, -0.05) is 48.9 Å². The molecule has 0 saturated heterocycles.